The van der Waals surface area contributed by atoms with E-state index in [1.54, 1.807) is 0 Å². The second kappa shape index (κ2) is 7.68. The predicted molar refractivity (Wildman–Crippen MR) is 95.3 cm³/mol. The van der Waals surface area contributed by atoms with E-state index < -0.39 is 9.84 Å². The van der Waals surface area contributed by atoms with Gasteiger partial charge in [0.05, 0.1) is 23.5 Å². The Kier molecular flexibility index (Phi) is 5.59. The van der Waals surface area contributed by atoms with Crippen LogP contribution in [0, 0.1) is 11.8 Å². The molecule has 0 unspecified atom stereocenters. The highest BCUT2D eigenvalue weighted by molar-refractivity contribution is 7.91. The molecule has 1 aromatic carbocycles. The SMILES string of the molecule is O=C(N[C@@H](CC1CCCCC1)c1ccccc1)[C@H]1CCS(=O)(=O)C1. The first-order valence-electron chi connectivity index (χ1n) is 9.09. The summed E-state index contributed by atoms with van der Waals surface area (Å²) in [7, 11) is -3.03. The molecule has 0 radical (unpaired) electrons. The summed E-state index contributed by atoms with van der Waals surface area (Å²) in [5, 5.41) is 3.16. The van der Waals surface area contributed by atoms with Crippen molar-refractivity contribution in [2.24, 2.45) is 11.8 Å². The molecule has 0 bridgehead atoms. The van der Waals surface area contributed by atoms with Gasteiger partial charge in [-0.05, 0) is 24.3 Å². The Bertz CT molecular complexity index is 650. The third kappa shape index (κ3) is 4.59. The summed E-state index contributed by atoms with van der Waals surface area (Å²) in [5.41, 5.74) is 1.12. The lowest BCUT2D eigenvalue weighted by Crippen LogP contribution is -2.35. The van der Waals surface area contributed by atoms with Gasteiger partial charge in [-0.2, -0.15) is 0 Å². The number of carbonyl (C=O) groups excluding carboxylic acids is 1. The quantitative estimate of drug-likeness (QED) is 0.887. The Morgan fingerprint density at radius 3 is 2.42 bits per heavy atom. The molecule has 1 amide bonds. The highest BCUT2D eigenvalue weighted by atomic mass is 32.2. The molecule has 3 rings (SSSR count). The van der Waals surface area contributed by atoms with E-state index in [-0.39, 0.29) is 29.4 Å². The first-order valence-corrected chi connectivity index (χ1v) is 10.9. The van der Waals surface area contributed by atoms with Crippen molar-refractivity contribution in [3.63, 3.8) is 0 Å². The second-order valence-electron chi connectivity index (χ2n) is 7.31. The Balaban J connectivity index is 1.68. The van der Waals surface area contributed by atoms with E-state index in [4.69, 9.17) is 0 Å². The summed E-state index contributed by atoms with van der Waals surface area (Å²) in [6.45, 7) is 0. The van der Waals surface area contributed by atoms with E-state index in [9.17, 15) is 13.2 Å². The molecule has 4 nitrogen and oxygen atoms in total. The summed E-state index contributed by atoms with van der Waals surface area (Å²) in [5.74, 6) is 0.317. The van der Waals surface area contributed by atoms with E-state index in [0.717, 1.165) is 12.0 Å². The van der Waals surface area contributed by atoms with Crippen LogP contribution in [0.5, 0.6) is 0 Å². The molecular weight excluding hydrogens is 322 g/mol. The molecular formula is C19H27NO3S. The Labute approximate surface area is 145 Å². The molecule has 1 aliphatic heterocycles. The summed E-state index contributed by atoms with van der Waals surface area (Å²) in [6, 6.07) is 10.1. The molecule has 1 N–H and O–H groups in total. The third-order valence-electron chi connectivity index (χ3n) is 5.42. The molecule has 1 aliphatic carbocycles. The number of benzene rings is 1. The van der Waals surface area contributed by atoms with Crippen molar-refractivity contribution >= 4 is 15.7 Å². The maximum Gasteiger partial charge on any atom is 0.224 e. The van der Waals surface area contributed by atoms with E-state index in [2.05, 4.69) is 17.4 Å². The van der Waals surface area contributed by atoms with Crippen LogP contribution in [0.25, 0.3) is 0 Å². The minimum Gasteiger partial charge on any atom is -0.349 e. The maximum atomic E-state index is 12.6. The molecule has 132 valence electrons. The van der Waals surface area contributed by atoms with Gasteiger partial charge in [0.1, 0.15) is 0 Å². The van der Waals surface area contributed by atoms with Gasteiger partial charge < -0.3 is 5.32 Å². The molecule has 2 atom stereocenters. The smallest absolute Gasteiger partial charge is 0.224 e. The van der Waals surface area contributed by atoms with E-state index >= 15 is 0 Å². The largest absolute Gasteiger partial charge is 0.349 e. The first kappa shape index (κ1) is 17.5. The zero-order valence-corrected chi connectivity index (χ0v) is 14.9. The third-order valence-corrected chi connectivity index (χ3v) is 7.18. The van der Waals surface area contributed by atoms with Crippen LogP contribution in [0.1, 0.15) is 56.6 Å². The molecule has 1 aromatic rings. The van der Waals surface area contributed by atoms with E-state index in [0.29, 0.717) is 12.3 Å². The Morgan fingerprint density at radius 2 is 1.79 bits per heavy atom. The van der Waals surface area contributed by atoms with Crippen LogP contribution in [-0.2, 0) is 14.6 Å². The van der Waals surface area contributed by atoms with Crippen molar-refractivity contribution in [3.8, 4) is 0 Å². The lowest BCUT2D eigenvalue weighted by Gasteiger charge is -2.28. The van der Waals surface area contributed by atoms with Crippen LogP contribution in [0.3, 0.4) is 0 Å². The lowest BCUT2D eigenvalue weighted by molar-refractivity contribution is -0.125. The Hall–Kier alpha value is -1.36. The van der Waals surface area contributed by atoms with Gasteiger partial charge in [-0.15, -0.1) is 0 Å². The topological polar surface area (TPSA) is 63.2 Å². The number of hydrogen-bond acceptors (Lipinski definition) is 3. The van der Waals surface area contributed by atoms with Gasteiger partial charge in [-0.3, -0.25) is 4.79 Å². The molecule has 1 saturated carbocycles. The summed E-state index contributed by atoms with van der Waals surface area (Å²) in [6.07, 6.45) is 7.75. The fourth-order valence-electron chi connectivity index (χ4n) is 4.01. The maximum absolute atomic E-state index is 12.6. The zero-order chi connectivity index (χ0) is 17.0. The van der Waals surface area contributed by atoms with Gasteiger partial charge in [0, 0.05) is 0 Å². The highest BCUT2D eigenvalue weighted by Gasteiger charge is 2.34. The van der Waals surface area contributed by atoms with Crippen LogP contribution in [-0.4, -0.2) is 25.8 Å². The summed E-state index contributed by atoms with van der Waals surface area (Å²) < 4.78 is 23.3. The van der Waals surface area contributed by atoms with Crippen molar-refractivity contribution in [2.75, 3.05) is 11.5 Å². The van der Waals surface area contributed by atoms with Gasteiger partial charge in [-0.25, -0.2) is 8.42 Å². The van der Waals surface area contributed by atoms with Crippen molar-refractivity contribution in [1.29, 1.82) is 0 Å². The zero-order valence-electron chi connectivity index (χ0n) is 14.1. The lowest BCUT2D eigenvalue weighted by atomic mass is 9.83. The average Bonchev–Trinajstić information content (AvgIpc) is 2.96. The van der Waals surface area contributed by atoms with Gasteiger partial charge in [0.2, 0.25) is 5.91 Å². The second-order valence-corrected chi connectivity index (χ2v) is 9.54. The molecule has 1 saturated heterocycles. The number of rotatable bonds is 5. The van der Waals surface area contributed by atoms with Crippen molar-refractivity contribution in [3.05, 3.63) is 35.9 Å². The number of amides is 1. The van der Waals surface area contributed by atoms with E-state index in [1.165, 1.54) is 32.1 Å². The number of nitrogens with one attached hydrogen (secondary N) is 1. The van der Waals surface area contributed by atoms with Crippen LogP contribution < -0.4 is 5.32 Å². The number of sulfone groups is 1. The minimum absolute atomic E-state index is 0.00374. The average molecular weight is 349 g/mol. The van der Waals surface area contributed by atoms with Crippen molar-refractivity contribution < 1.29 is 13.2 Å². The first-order chi connectivity index (χ1) is 11.5. The fourth-order valence-corrected chi connectivity index (χ4v) is 5.75. The summed E-state index contributed by atoms with van der Waals surface area (Å²) >= 11 is 0. The molecule has 1 heterocycles. The Morgan fingerprint density at radius 1 is 1.08 bits per heavy atom. The van der Waals surface area contributed by atoms with Crippen LogP contribution >= 0.6 is 0 Å². The van der Waals surface area contributed by atoms with Gasteiger partial charge in [0.15, 0.2) is 9.84 Å². The minimum atomic E-state index is -3.03. The van der Waals surface area contributed by atoms with Crippen molar-refractivity contribution in [2.45, 2.75) is 51.0 Å². The van der Waals surface area contributed by atoms with Crippen LogP contribution in [0.2, 0.25) is 0 Å². The highest BCUT2D eigenvalue weighted by Crippen LogP contribution is 2.32. The van der Waals surface area contributed by atoms with Crippen molar-refractivity contribution in [1.82, 2.24) is 5.32 Å². The van der Waals surface area contributed by atoms with Crippen LogP contribution in [0.4, 0.5) is 0 Å². The standard InChI is InChI=1S/C19H27NO3S/c21-19(17-11-12-24(22,23)14-17)20-18(16-9-5-2-6-10-16)13-15-7-3-1-4-8-15/h2,5-6,9-10,15,17-18H,1,3-4,7-8,11-14H2,(H,20,21)/t17-,18-/m0/s1. The molecule has 0 aromatic heterocycles. The van der Waals surface area contributed by atoms with Gasteiger partial charge in [-0.1, -0.05) is 62.4 Å². The molecule has 0 spiro atoms. The monoisotopic (exact) mass is 349 g/mol. The predicted octanol–water partition coefficient (Wildman–Crippen LogP) is 3.25. The molecule has 2 fully saturated rings. The molecule has 5 heteroatoms. The number of hydrogen-bond donors (Lipinski definition) is 1. The summed E-state index contributed by atoms with van der Waals surface area (Å²) in [4.78, 5) is 12.6. The molecule has 2 aliphatic rings. The fraction of sp³-hybridized carbons (Fsp3) is 0.632. The van der Waals surface area contributed by atoms with E-state index in [1.807, 2.05) is 18.2 Å². The van der Waals surface area contributed by atoms with Gasteiger partial charge in [0.25, 0.3) is 0 Å². The number of carbonyl (C=O) groups is 1. The molecule has 24 heavy (non-hydrogen) atoms. The van der Waals surface area contributed by atoms with Crippen LogP contribution in [0.15, 0.2) is 30.3 Å². The normalized spacial score (nSPS) is 25.2. The van der Waals surface area contributed by atoms with Gasteiger partial charge >= 0.3 is 0 Å².